The molecule has 0 aliphatic heterocycles. The Morgan fingerprint density at radius 3 is 1.17 bits per heavy atom. The van der Waals surface area contributed by atoms with Crippen molar-refractivity contribution in [3.05, 3.63) is 0 Å². The van der Waals surface area contributed by atoms with Crippen LogP contribution >= 0.6 is 0 Å². The third kappa shape index (κ3) is 38.2. The number of unbranched alkanes of at least 4 members (excludes halogenated alkanes) is 20. The van der Waals surface area contributed by atoms with Gasteiger partial charge in [-0.2, -0.15) is 0 Å². The van der Waals surface area contributed by atoms with Gasteiger partial charge in [0.25, 0.3) is 0 Å². The molecule has 0 N–H and O–H groups in total. The summed E-state index contributed by atoms with van der Waals surface area (Å²) in [4.78, 5) is 38.5. The summed E-state index contributed by atoms with van der Waals surface area (Å²) < 4.78 is 11.4. The summed E-state index contributed by atoms with van der Waals surface area (Å²) in [7, 11) is 2.27. The zero-order chi connectivity index (χ0) is 44.7. The first-order chi connectivity index (χ1) is 29.4. The lowest BCUT2D eigenvalue weighted by atomic mass is 9.97. The third-order valence-electron chi connectivity index (χ3n) is 12.7. The van der Waals surface area contributed by atoms with Crippen LogP contribution in [0.1, 0.15) is 260 Å². The van der Waals surface area contributed by atoms with Gasteiger partial charge in [0, 0.05) is 6.04 Å². The lowest BCUT2D eigenvalue weighted by Crippen LogP contribution is -2.38. The van der Waals surface area contributed by atoms with E-state index in [4.69, 9.17) is 14.3 Å². The number of ether oxygens (including phenoxy) is 2. The fourth-order valence-electron chi connectivity index (χ4n) is 8.63. The predicted octanol–water partition coefficient (Wildman–Crippen LogP) is 15.1. The van der Waals surface area contributed by atoms with Gasteiger partial charge in [-0.3, -0.25) is 9.59 Å². The van der Waals surface area contributed by atoms with Crippen LogP contribution in [0.5, 0.6) is 0 Å². The van der Waals surface area contributed by atoms with Crippen molar-refractivity contribution in [2.45, 2.75) is 266 Å². The molecule has 358 valence electrons. The van der Waals surface area contributed by atoms with Crippen LogP contribution in [0.4, 0.5) is 0 Å². The van der Waals surface area contributed by atoms with Crippen LogP contribution in [0, 0.1) is 11.8 Å². The summed E-state index contributed by atoms with van der Waals surface area (Å²) in [6.45, 7) is 21.4. The van der Waals surface area contributed by atoms with Crippen LogP contribution in [0.3, 0.4) is 0 Å². The molecule has 7 nitrogen and oxygen atoms in total. The normalized spacial score (nSPS) is 12.9. The second kappa shape index (κ2) is 48.6. The van der Waals surface area contributed by atoms with Gasteiger partial charge in [0.15, 0.2) is 0 Å². The highest BCUT2D eigenvalue weighted by atomic mass is 16.5. The molecule has 0 aliphatic rings. The Kier molecular flexibility index (Phi) is 49.1. The van der Waals surface area contributed by atoms with Gasteiger partial charge < -0.3 is 24.1 Å². The lowest BCUT2D eigenvalue weighted by Gasteiger charge is -2.33. The summed E-state index contributed by atoms with van der Waals surface area (Å²) in [6.07, 6.45) is 41.7. The molecule has 2 atom stereocenters. The van der Waals surface area contributed by atoms with Crippen molar-refractivity contribution in [3.63, 3.8) is 0 Å². The number of rotatable bonds is 46. The molecule has 0 amide bonds. The maximum atomic E-state index is 12.6. The summed E-state index contributed by atoms with van der Waals surface area (Å²) in [6, 6.07) is 0.721. The van der Waals surface area contributed by atoms with E-state index in [0.717, 1.165) is 89.6 Å². The fourth-order valence-corrected chi connectivity index (χ4v) is 8.63. The van der Waals surface area contributed by atoms with Crippen molar-refractivity contribution < 1.29 is 23.9 Å². The van der Waals surface area contributed by atoms with Gasteiger partial charge in [0.05, 0.1) is 25.0 Å². The summed E-state index contributed by atoms with van der Waals surface area (Å²) >= 11 is 0. The maximum absolute atomic E-state index is 12.6. The van der Waals surface area contributed by atoms with E-state index in [1.165, 1.54) is 161 Å². The van der Waals surface area contributed by atoms with Gasteiger partial charge in [0.1, 0.15) is 6.79 Å². The molecule has 0 aliphatic carbocycles. The Bertz CT molecular complexity index is 837. The minimum absolute atomic E-state index is 0.0490. The molecule has 2 unspecified atom stereocenters. The number of hydrogen-bond donors (Lipinski definition) is 0. The van der Waals surface area contributed by atoms with Crippen molar-refractivity contribution in [3.8, 4) is 0 Å². The molecule has 0 spiro atoms. The van der Waals surface area contributed by atoms with E-state index in [-0.39, 0.29) is 23.8 Å². The first kappa shape index (κ1) is 60.6. The van der Waals surface area contributed by atoms with Crippen molar-refractivity contribution in [1.29, 1.82) is 0 Å². The number of hydrogen-bond acceptors (Lipinski definition) is 7. The van der Waals surface area contributed by atoms with E-state index in [2.05, 4.69) is 58.4 Å². The number of carbonyl (C=O) groups is 3. The van der Waals surface area contributed by atoms with Crippen LogP contribution in [0.15, 0.2) is 0 Å². The maximum Gasteiger partial charge on any atom is 0.308 e. The average molecular weight is 851 g/mol. The number of esters is 2. The van der Waals surface area contributed by atoms with Gasteiger partial charge >= 0.3 is 11.9 Å². The Morgan fingerprint density at radius 1 is 0.400 bits per heavy atom. The molecule has 60 heavy (non-hydrogen) atoms. The molecule has 0 fully saturated rings. The largest absolute Gasteiger partial charge is 0.465 e. The molecule has 0 aromatic rings. The molecule has 0 rings (SSSR count). The number of carbonyl (C=O) groups excluding carboxylic acids is 3. The van der Waals surface area contributed by atoms with Crippen LogP contribution in [0.25, 0.3) is 0 Å². The van der Waals surface area contributed by atoms with Crippen LogP contribution in [-0.4, -0.2) is 81.0 Å². The van der Waals surface area contributed by atoms with Crippen LogP contribution < -0.4 is 0 Å². The van der Waals surface area contributed by atoms with Crippen molar-refractivity contribution >= 4 is 18.7 Å². The minimum Gasteiger partial charge on any atom is -0.465 e. The highest BCUT2D eigenvalue weighted by molar-refractivity contribution is 5.72. The molecule has 0 radical (unpaired) electrons. The molecule has 0 aromatic heterocycles. The highest BCUT2D eigenvalue weighted by Gasteiger charge is 2.20. The number of nitrogens with zero attached hydrogens (tertiary/aromatic N) is 2. The Morgan fingerprint density at radius 2 is 0.767 bits per heavy atom. The van der Waals surface area contributed by atoms with E-state index in [9.17, 15) is 9.59 Å². The van der Waals surface area contributed by atoms with Crippen molar-refractivity contribution in [2.75, 3.05) is 46.4 Å². The third-order valence-corrected chi connectivity index (χ3v) is 12.7. The minimum atomic E-state index is 0.0490. The molecule has 0 bridgehead atoms. The molecular formula is C53H106N2O5. The summed E-state index contributed by atoms with van der Waals surface area (Å²) in [5.41, 5.74) is 0. The van der Waals surface area contributed by atoms with Crippen LogP contribution in [-0.2, 0) is 23.9 Å². The molecular weight excluding hydrogens is 745 g/mol. The van der Waals surface area contributed by atoms with Gasteiger partial charge in [0.2, 0.25) is 0 Å². The van der Waals surface area contributed by atoms with E-state index in [1.807, 2.05) is 6.79 Å². The monoisotopic (exact) mass is 851 g/mol. The first-order valence-corrected chi connectivity index (χ1v) is 26.4. The molecule has 0 aromatic carbocycles. The van der Waals surface area contributed by atoms with Gasteiger partial charge in [-0.15, -0.1) is 0 Å². The van der Waals surface area contributed by atoms with Crippen molar-refractivity contribution in [2.24, 2.45) is 11.8 Å². The summed E-state index contributed by atoms with van der Waals surface area (Å²) in [5, 5.41) is 0. The smallest absolute Gasteiger partial charge is 0.308 e. The van der Waals surface area contributed by atoms with Crippen molar-refractivity contribution in [1.82, 2.24) is 9.80 Å². The van der Waals surface area contributed by atoms with E-state index in [1.54, 1.807) is 0 Å². The highest BCUT2D eigenvalue weighted by Crippen LogP contribution is 2.22. The Balaban J connectivity index is 0. The first-order valence-electron chi connectivity index (χ1n) is 26.4. The zero-order valence-corrected chi connectivity index (χ0v) is 41.7. The Labute approximate surface area is 375 Å². The average Bonchev–Trinajstić information content (AvgIpc) is 3.26. The van der Waals surface area contributed by atoms with Gasteiger partial charge in [-0.25, -0.2) is 0 Å². The van der Waals surface area contributed by atoms with Gasteiger partial charge in [-0.05, 0) is 97.4 Å². The summed E-state index contributed by atoms with van der Waals surface area (Å²) in [5.74, 6) is 0.315. The molecule has 0 heterocycles. The Hall–Kier alpha value is -1.47. The topological polar surface area (TPSA) is 76.2 Å². The lowest BCUT2D eigenvalue weighted by molar-refractivity contribution is -0.150. The second-order valence-corrected chi connectivity index (χ2v) is 18.2. The second-order valence-electron chi connectivity index (χ2n) is 18.2. The molecule has 0 saturated carbocycles. The van der Waals surface area contributed by atoms with Gasteiger partial charge in [-0.1, -0.05) is 196 Å². The quantitative estimate of drug-likeness (QED) is 0.0446. The molecule has 7 heteroatoms. The van der Waals surface area contributed by atoms with E-state index < -0.39 is 0 Å². The zero-order valence-electron chi connectivity index (χ0n) is 41.7. The van der Waals surface area contributed by atoms with E-state index in [0.29, 0.717) is 13.2 Å². The van der Waals surface area contributed by atoms with E-state index >= 15 is 0 Å². The SMILES string of the molecule is C=O.CCCCCCCCCN(CCCN(C)CC)C(CCCCCCCCCOC(=O)C(CCC)CCCC)CCCCCCCCCOC(=O)C(CCC)CCCC. The fraction of sp³-hybridized carbons (Fsp3) is 0.943. The van der Waals surface area contributed by atoms with Crippen LogP contribution in [0.2, 0.25) is 0 Å². The molecule has 0 saturated heterocycles. The predicted molar refractivity (Wildman–Crippen MR) is 260 cm³/mol. The standard InChI is InChI=1S/C52H104N2O4.CH2O/c1-8-14-17-18-23-28-33-44-54(45-36-43-53(7)13-6)50(41-31-26-21-19-24-29-34-46-57-51(55)48(37-11-4)39-15-9-2)42-32-27-22-20-25-30-35-47-58-52(56)49(38-12-5)40-16-10-3;1-2/h48-50H,8-47H2,1-7H3;1H2.